The molecule has 3 rings (SSSR count). The summed E-state index contributed by atoms with van der Waals surface area (Å²) in [6.45, 7) is 7.44. The first kappa shape index (κ1) is 25.7. The van der Waals surface area contributed by atoms with Gasteiger partial charge in [0.2, 0.25) is 11.8 Å². The van der Waals surface area contributed by atoms with Crippen LogP contribution in [0.4, 0.5) is 0 Å². The predicted octanol–water partition coefficient (Wildman–Crippen LogP) is 2.44. The molecule has 2 saturated heterocycles. The summed E-state index contributed by atoms with van der Waals surface area (Å²) >= 11 is 0. The number of carbonyl (C=O) groups is 4. The highest BCUT2D eigenvalue weighted by Gasteiger charge is 2.30. The zero-order valence-electron chi connectivity index (χ0n) is 20.5. The zero-order valence-corrected chi connectivity index (χ0v) is 20.5. The second kappa shape index (κ2) is 12.5. The lowest BCUT2D eigenvalue weighted by atomic mass is 9.95. The molecule has 1 aromatic carbocycles. The van der Waals surface area contributed by atoms with Crippen LogP contribution in [-0.4, -0.2) is 72.7 Å². The van der Waals surface area contributed by atoms with Crippen molar-refractivity contribution in [1.29, 1.82) is 0 Å². The van der Waals surface area contributed by atoms with Gasteiger partial charge in [-0.2, -0.15) is 0 Å². The van der Waals surface area contributed by atoms with E-state index < -0.39 is 0 Å². The van der Waals surface area contributed by atoms with Gasteiger partial charge in [-0.05, 0) is 62.8 Å². The molecule has 2 aliphatic heterocycles. The summed E-state index contributed by atoms with van der Waals surface area (Å²) < 4.78 is 0. The Hall–Kier alpha value is -2.90. The lowest BCUT2D eigenvalue weighted by Gasteiger charge is -2.32. The molecular formula is C26H38N4O4. The predicted molar refractivity (Wildman–Crippen MR) is 130 cm³/mol. The minimum atomic E-state index is -0.174. The number of carbonyl (C=O) groups excluding carboxylic acids is 4. The lowest BCUT2D eigenvalue weighted by molar-refractivity contribution is -0.127. The molecule has 0 spiro atoms. The van der Waals surface area contributed by atoms with Gasteiger partial charge < -0.3 is 20.4 Å². The van der Waals surface area contributed by atoms with Crippen LogP contribution in [0.25, 0.3) is 0 Å². The van der Waals surface area contributed by atoms with Crippen molar-refractivity contribution >= 4 is 23.6 Å². The van der Waals surface area contributed by atoms with Crippen LogP contribution in [-0.2, 0) is 9.59 Å². The van der Waals surface area contributed by atoms with Crippen molar-refractivity contribution in [1.82, 2.24) is 20.4 Å². The van der Waals surface area contributed by atoms with Crippen LogP contribution >= 0.6 is 0 Å². The fraction of sp³-hybridized carbons (Fsp3) is 0.615. The Morgan fingerprint density at radius 3 is 1.47 bits per heavy atom. The second-order valence-corrected chi connectivity index (χ2v) is 9.34. The van der Waals surface area contributed by atoms with Gasteiger partial charge in [-0.3, -0.25) is 19.2 Å². The van der Waals surface area contributed by atoms with Gasteiger partial charge >= 0.3 is 0 Å². The molecule has 2 heterocycles. The van der Waals surface area contributed by atoms with E-state index in [9.17, 15) is 19.2 Å². The first-order valence-electron chi connectivity index (χ1n) is 12.7. The van der Waals surface area contributed by atoms with Crippen molar-refractivity contribution in [3.63, 3.8) is 0 Å². The van der Waals surface area contributed by atoms with E-state index in [-0.39, 0.29) is 35.5 Å². The van der Waals surface area contributed by atoms with Crippen LogP contribution in [0.2, 0.25) is 0 Å². The Kier molecular flexibility index (Phi) is 9.48. The fourth-order valence-electron chi connectivity index (χ4n) is 4.66. The van der Waals surface area contributed by atoms with E-state index in [0.717, 1.165) is 38.5 Å². The van der Waals surface area contributed by atoms with Gasteiger partial charge in [0.15, 0.2) is 0 Å². The van der Waals surface area contributed by atoms with Gasteiger partial charge in [0, 0.05) is 50.4 Å². The van der Waals surface area contributed by atoms with E-state index in [1.807, 2.05) is 13.8 Å². The Bertz CT molecular complexity index is 799. The standard InChI is InChI=1S/C26H38N4O4/c1-3-13-27-23(31)21-7-5-15-29(17-21)25(33)19-9-11-20(12-10-19)26(34)30-16-6-8-22(18-30)24(32)28-14-4-2/h9-12,21-22H,3-8,13-18H2,1-2H3,(H,27,31)(H,28,32). The first-order valence-corrected chi connectivity index (χ1v) is 12.7. The third kappa shape index (κ3) is 6.58. The largest absolute Gasteiger partial charge is 0.356 e. The molecule has 2 aliphatic rings. The Balaban J connectivity index is 1.58. The summed E-state index contributed by atoms with van der Waals surface area (Å²) in [4.78, 5) is 54.2. The van der Waals surface area contributed by atoms with Crippen LogP contribution in [0.1, 0.15) is 73.1 Å². The molecule has 0 saturated carbocycles. The van der Waals surface area contributed by atoms with Gasteiger partial charge in [-0.1, -0.05) is 13.8 Å². The molecule has 2 unspecified atom stereocenters. The first-order chi connectivity index (χ1) is 16.4. The van der Waals surface area contributed by atoms with Gasteiger partial charge in [0.1, 0.15) is 0 Å². The number of hydrogen-bond donors (Lipinski definition) is 2. The minimum Gasteiger partial charge on any atom is -0.356 e. The molecule has 186 valence electrons. The van der Waals surface area contributed by atoms with Gasteiger partial charge in [0.25, 0.3) is 11.8 Å². The molecule has 0 aromatic heterocycles. The molecule has 4 amide bonds. The molecular weight excluding hydrogens is 432 g/mol. The Labute approximate surface area is 202 Å². The van der Waals surface area contributed by atoms with Gasteiger partial charge in [-0.15, -0.1) is 0 Å². The maximum Gasteiger partial charge on any atom is 0.253 e. The number of amides is 4. The maximum absolute atomic E-state index is 13.0. The van der Waals surface area contributed by atoms with Crippen LogP contribution < -0.4 is 10.6 Å². The second-order valence-electron chi connectivity index (χ2n) is 9.34. The summed E-state index contributed by atoms with van der Waals surface area (Å²) in [6.07, 6.45) is 4.95. The highest BCUT2D eigenvalue weighted by atomic mass is 16.2. The number of benzene rings is 1. The highest BCUT2D eigenvalue weighted by Crippen LogP contribution is 2.21. The maximum atomic E-state index is 13.0. The smallest absolute Gasteiger partial charge is 0.253 e. The van der Waals surface area contributed by atoms with E-state index in [2.05, 4.69) is 10.6 Å². The molecule has 8 nitrogen and oxygen atoms in total. The molecule has 0 radical (unpaired) electrons. The fourth-order valence-corrected chi connectivity index (χ4v) is 4.66. The third-order valence-electron chi connectivity index (χ3n) is 6.64. The van der Waals surface area contributed by atoms with Gasteiger partial charge in [-0.25, -0.2) is 0 Å². The van der Waals surface area contributed by atoms with E-state index in [0.29, 0.717) is 50.4 Å². The van der Waals surface area contributed by atoms with E-state index in [1.54, 1.807) is 34.1 Å². The molecule has 1 aromatic rings. The third-order valence-corrected chi connectivity index (χ3v) is 6.64. The monoisotopic (exact) mass is 470 g/mol. The summed E-state index contributed by atoms with van der Waals surface area (Å²) in [7, 11) is 0. The number of piperidine rings is 2. The van der Waals surface area contributed by atoms with Crippen LogP contribution in [0, 0.1) is 11.8 Å². The highest BCUT2D eigenvalue weighted by molar-refractivity contribution is 5.98. The van der Waals surface area contributed by atoms with Crippen molar-refractivity contribution in [3.8, 4) is 0 Å². The quantitative estimate of drug-likeness (QED) is 0.610. The topological polar surface area (TPSA) is 98.8 Å². The minimum absolute atomic E-state index is 0.0171. The van der Waals surface area contributed by atoms with E-state index in [1.165, 1.54) is 0 Å². The Morgan fingerprint density at radius 2 is 1.12 bits per heavy atom. The number of likely N-dealkylation sites (tertiary alicyclic amines) is 2. The van der Waals surface area contributed by atoms with Crippen LogP contribution in [0.15, 0.2) is 24.3 Å². The molecule has 0 bridgehead atoms. The average molecular weight is 471 g/mol. The summed E-state index contributed by atoms with van der Waals surface area (Å²) in [6, 6.07) is 6.74. The lowest BCUT2D eigenvalue weighted by Crippen LogP contribution is -2.46. The molecule has 8 heteroatoms. The van der Waals surface area contributed by atoms with Gasteiger partial charge in [0.05, 0.1) is 11.8 Å². The zero-order chi connectivity index (χ0) is 24.5. The average Bonchev–Trinajstić information content (AvgIpc) is 2.89. The van der Waals surface area contributed by atoms with Crippen molar-refractivity contribution in [2.24, 2.45) is 11.8 Å². The molecule has 34 heavy (non-hydrogen) atoms. The van der Waals surface area contributed by atoms with E-state index >= 15 is 0 Å². The summed E-state index contributed by atoms with van der Waals surface area (Å²) in [5.41, 5.74) is 1.03. The number of nitrogens with one attached hydrogen (secondary N) is 2. The Morgan fingerprint density at radius 1 is 0.735 bits per heavy atom. The molecule has 2 fully saturated rings. The number of rotatable bonds is 8. The van der Waals surface area contributed by atoms with Crippen LogP contribution in [0.3, 0.4) is 0 Å². The van der Waals surface area contributed by atoms with Crippen molar-refractivity contribution < 1.29 is 19.2 Å². The van der Waals surface area contributed by atoms with Crippen LogP contribution in [0.5, 0.6) is 0 Å². The normalized spacial score (nSPS) is 20.5. The van der Waals surface area contributed by atoms with Crippen molar-refractivity contribution in [2.75, 3.05) is 39.3 Å². The van der Waals surface area contributed by atoms with E-state index in [4.69, 9.17) is 0 Å². The molecule has 2 atom stereocenters. The molecule has 2 N–H and O–H groups in total. The SMILES string of the molecule is CCCNC(=O)C1CCCN(C(=O)c2ccc(C(=O)N3CCCC(C(=O)NCCC)C3)cc2)C1. The summed E-state index contributed by atoms with van der Waals surface area (Å²) in [5.74, 6) is -0.541. The summed E-state index contributed by atoms with van der Waals surface area (Å²) in [5, 5.41) is 5.86. The van der Waals surface area contributed by atoms with Crippen molar-refractivity contribution in [3.05, 3.63) is 35.4 Å². The number of nitrogens with zero attached hydrogens (tertiary/aromatic N) is 2. The molecule has 0 aliphatic carbocycles. The number of hydrogen-bond acceptors (Lipinski definition) is 4. The van der Waals surface area contributed by atoms with Crippen molar-refractivity contribution in [2.45, 2.75) is 52.4 Å².